The van der Waals surface area contributed by atoms with Crippen LogP contribution in [0.3, 0.4) is 0 Å². The van der Waals surface area contributed by atoms with Gasteiger partial charge in [-0.1, -0.05) is 12.1 Å². The Bertz CT molecular complexity index is 998. The van der Waals surface area contributed by atoms with Crippen LogP contribution in [0.15, 0.2) is 42.5 Å². The highest BCUT2D eigenvalue weighted by molar-refractivity contribution is 6.08. The first kappa shape index (κ1) is 26.3. The summed E-state index contributed by atoms with van der Waals surface area (Å²) in [5, 5.41) is 0. The molecular formula is C28H38O5. The largest absolute Gasteiger partial charge is 0.493 e. The summed E-state index contributed by atoms with van der Waals surface area (Å²) < 4.78 is 23.9. The van der Waals surface area contributed by atoms with Gasteiger partial charge in [0, 0.05) is 11.6 Å². The standard InChI is InChI=1S/C28H38O5/c1-26(2,3)31-20-17-19(25(24(18-20)30-10)33-28(7,8)9)15-16-22(29)21-13-11-12-14-23(21)32-27(4,5)6/h11-18H,1-10H3. The lowest BCUT2D eigenvalue weighted by molar-refractivity contribution is 0.102. The average Bonchev–Trinajstić information content (AvgIpc) is 2.64. The molecule has 5 nitrogen and oxygen atoms in total. The summed E-state index contributed by atoms with van der Waals surface area (Å²) >= 11 is 0. The summed E-state index contributed by atoms with van der Waals surface area (Å²) in [6.07, 6.45) is 3.26. The lowest BCUT2D eigenvalue weighted by atomic mass is 10.1. The normalized spacial score (nSPS) is 12.5. The highest BCUT2D eigenvalue weighted by Gasteiger charge is 2.22. The number of ether oxygens (including phenoxy) is 4. The van der Waals surface area contributed by atoms with Crippen LogP contribution in [0.4, 0.5) is 0 Å². The maximum atomic E-state index is 13.1. The number of hydrogen-bond acceptors (Lipinski definition) is 5. The Hall–Kier alpha value is -2.95. The monoisotopic (exact) mass is 454 g/mol. The summed E-state index contributed by atoms with van der Waals surface area (Å²) in [5.41, 5.74) is -0.0847. The molecule has 180 valence electrons. The van der Waals surface area contributed by atoms with E-state index in [0.29, 0.717) is 34.1 Å². The van der Waals surface area contributed by atoms with Crippen LogP contribution >= 0.6 is 0 Å². The van der Waals surface area contributed by atoms with Crippen LogP contribution in [0.1, 0.15) is 78.2 Å². The van der Waals surface area contributed by atoms with Crippen LogP contribution in [-0.2, 0) is 0 Å². The lowest BCUT2D eigenvalue weighted by Gasteiger charge is -2.26. The van der Waals surface area contributed by atoms with Crippen molar-refractivity contribution in [1.29, 1.82) is 0 Å². The minimum Gasteiger partial charge on any atom is -0.493 e. The molecule has 0 amide bonds. The minimum atomic E-state index is -0.459. The van der Waals surface area contributed by atoms with Gasteiger partial charge >= 0.3 is 0 Å². The molecule has 0 fully saturated rings. The van der Waals surface area contributed by atoms with Crippen molar-refractivity contribution in [2.24, 2.45) is 0 Å². The number of carbonyl (C=O) groups is 1. The molecule has 0 atom stereocenters. The Kier molecular flexibility index (Phi) is 7.89. The van der Waals surface area contributed by atoms with Crippen LogP contribution in [0.2, 0.25) is 0 Å². The molecule has 0 heterocycles. The van der Waals surface area contributed by atoms with Crippen molar-refractivity contribution in [3.8, 4) is 23.0 Å². The van der Waals surface area contributed by atoms with Crippen molar-refractivity contribution in [2.45, 2.75) is 79.1 Å². The smallest absolute Gasteiger partial charge is 0.189 e. The van der Waals surface area contributed by atoms with Crippen molar-refractivity contribution in [2.75, 3.05) is 7.11 Å². The zero-order valence-electron chi connectivity index (χ0n) is 21.7. The van der Waals surface area contributed by atoms with Gasteiger partial charge < -0.3 is 18.9 Å². The van der Waals surface area contributed by atoms with Gasteiger partial charge in [-0.25, -0.2) is 0 Å². The number of rotatable bonds is 7. The summed E-state index contributed by atoms with van der Waals surface area (Å²) in [5.74, 6) is 2.10. The molecule has 0 aromatic heterocycles. The fraction of sp³-hybridized carbons (Fsp3) is 0.464. The van der Waals surface area contributed by atoms with Gasteiger partial charge in [0.15, 0.2) is 17.3 Å². The first-order chi connectivity index (χ1) is 15.1. The highest BCUT2D eigenvalue weighted by Crippen LogP contribution is 2.39. The third-order valence-corrected chi connectivity index (χ3v) is 4.09. The predicted molar refractivity (Wildman–Crippen MR) is 134 cm³/mol. The van der Waals surface area contributed by atoms with Crippen molar-refractivity contribution in [3.63, 3.8) is 0 Å². The van der Waals surface area contributed by atoms with Gasteiger partial charge in [-0.2, -0.15) is 0 Å². The van der Waals surface area contributed by atoms with Gasteiger partial charge in [-0.15, -0.1) is 0 Å². The van der Waals surface area contributed by atoms with Crippen molar-refractivity contribution >= 4 is 11.9 Å². The highest BCUT2D eigenvalue weighted by atomic mass is 16.5. The van der Waals surface area contributed by atoms with Gasteiger partial charge in [0.2, 0.25) is 0 Å². The molecule has 2 aromatic carbocycles. The van der Waals surface area contributed by atoms with E-state index in [0.717, 1.165) is 0 Å². The van der Waals surface area contributed by atoms with Crippen LogP contribution in [0, 0.1) is 0 Å². The van der Waals surface area contributed by atoms with E-state index in [2.05, 4.69) is 0 Å². The molecule has 0 spiro atoms. The van der Waals surface area contributed by atoms with Gasteiger partial charge in [0.1, 0.15) is 28.3 Å². The van der Waals surface area contributed by atoms with E-state index in [4.69, 9.17) is 18.9 Å². The molecule has 0 unspecified atom stereocenters. The van der Waals surface area contributed by atoms with E-state index < -0.39 is 16.8 Å². The molecule has 0 saturated carbocycles. The lowest BCUT2D eigenvalue weighted by Crippen LogP contribution is -2.25. The molecule has 0 N–H and O–H groups in total. The van der Waals surface area contributed by atoms with Crippen molar-refractivity contribution < 1.29 is 23.7 Å². The number of allylic oxidation sites excluding steroid dienone is 1. The number of carbonyl (C=O) groups excluding carboxylic acids is 1. The van der Waals surface area contributed by atoms with E-state index in [1.165, 1.54) is 6.08 Å². The first-order valence-electron chi connectivity index (χ1n) is 11.2. The van der Waals surface area contributed by atoms with Gasteiger partial charge in [0.05, 0.1) is 12.7 Å². The average molecular weight is 455 g/mol. The molecular weight excluding hydrogens is 416 g/mol. The third kappa shape index (κ3) is 8.49. The van der Waals surface area contributed by atoms with E-state index in [9.17, 15) is 4.79 Å². The summed E-state index contributed by atoms with van der Waals surface area (Å²) in [6.45, 7) is 17.7. The number of ketones is 1. The van der Waals surface area contributed by atoms with Gasteiger partial charge in [0.25, 0.3) is 0 Å². The molecule has 0 aliphatic carbocycles. The molecule has 5 heteroatoms. The van der Waals surface area contributed by atoms with E-state index in [1.54, 1.807) is 31.4 Å². The van der Waals surface area contributed by atoms with Gasteiger partial charge in [-0.05, 0) is 92.7 Å². The van der Waals surface area contributed by atoms with E-state index in [1.807, 2.05) is 80.5 Å². The maximum absolute atomic E-state index is 13.1. The second-order valence-electron chi connectivity index (χ2n) is 10.9. The maximum Gasteiger partial charge on any atom is 0.189 e. The summed E-state index contributed by atoms with van der Waals surface area (Å²) in [6, 6.07) is 10.9. The Balaban J connectivity index is 2.52. The number of methoxy groups -OCH3 is 1. The second kappa shape index (κ2) is 9.90. The van der Waals surface area contributed by atoms with Gasteiger partial charge in [-0.3, -0.25) is 4.79 Å². The van der Waals surface area contributed by atoms with E-state index in [-0.39, 0.29) is 5.78 Å². The van der Waals surface area contributed by atoms with Crippen LogP contribution < -0.4 is 18.9 Å². The van der Waals surface area contributed by atoms with Crippen molar-refractivity contribution in [3.05, 3.63) is 53.6 Å². The molecule has 2 rings (SSSR count). The second-order valence-corrected chi connectivity index (χ2v) is 10.9. The van der Waals surface area contributed by atoms with Crippen LogP contribution in [0.5, 0.6) is 23.0 Å². The predicted octanol–water partition coefficient (Wildman–Crippen LogP) is 7.12. The molecule has 0 aliphatic rings. The van der Waals surface area contributed by atoms with Crippen molar-refractivity contribution in [1.82, 2.24) is 0 Å². The number of para-hydroxylation sites is 1. The molecule has 0 bridgehead atoms. The number of hydrogen-bond donors (Lipinski definition) is 0. The van der Waals surface area contributed by atoms with Crippen LogP contribution in [-0.4, -0.2) is 29.7 Å². The fourth-order valence-electron chi connectivity index (χ4n) is 3.05. The molecule has 0 aliphatic heterocycles. The molecule has 0 saturated heterocycles. The zero-order chi connectivity index (χ0) is 25.0. The summed E-state index contributed by atoms with van der Waals surface area (Å²) in [4.78, 5) is 13.1. The quantitative estimate of drug-likeness (QED) is 0.329. The molecule has 2 aromatic rings. The first-order valence-corrected chi connectivity index (χ1v) is 11.2. The third-order valence-electron chi connectivity index (χ3n) is 4.09. The fourth-order valence-corrected chi connectivity index (χ4v) is 3.05. The molecule has 33 heavy (non-hydrogen) atoms. The molecule has 0 radical (unpaired) electrons. The summed E-state index contributed by atoms with van der Waals surface area (Å²) in [7, 11) is 1.59. The topological polar surface area (TPSA) is 54.0 Å². The SMILES string of the molecule is COc1cc(OC(C)(C)C)cc(C=CC(=O)c2ccccc2OC(C)(C)C)c1OC(C)(C)C. The van der Waals surface area contributed by atoms with Crippen LogP contribution in [0.25, 0.3) is 6.08 Å². The minimum absolute atomic E-state index is 0.169. The Labute approximate surface area is 198 Å². The Morgan fingerprint density at radius 1 is 0.758 bits per heavy atom. The Morgan fingerprint density at radius 3 is 1.88 bits per heavy atom. The number of benzene rings is 2. The van der Waals surface area contributed by atoms with E-state index >= 15 is 0 Å². The Morgan fingerprint density at radius 2 is 1.33 bits per heavy atom. The zero-order valence-corrected chi connectivity index (χ0v) is 21.7.